The molecule has 0 aliphatic carbocycles. The van der Waals surface area contributed by atoms with Crippen LogP contribution in [0.4, 0.5) is 34.6 Å². The smallest absolute Gasteiger partial charge is 0.327 e. The van der Waals surface area contributed by atoms with Crippen LogP contribution in [-0.2, 0) is 42.2 Å². The number of para-hydroxylation sites is 2. The average Bonchev–Trinajstić information content (AvgIpc) is 3.66. The van der Waals surface area contributed by atoms with Crippen molar-refractivity contribution in [3.05, 3.63) is 113 Å². The van der Waals surface area contributed by atoms with Gasteiger partial charge in [-0.2, -0.15) is 8.42 Å². The summed E-state index contributed by atoms with van der Waals surface area (Å²) in [4.78, 5) is 53.5. The fourth-order valence-electron chi connectivity index (χ4n) is 5.96. The number of hydrogen-bond acceptors (Lipinski definition) is 9. The van der Waals surface area contributed by atoms with Crippen LogP contribution in [0.5, 0.6) is 0 Å². The molecule has 0 bridgehead atoms. The lowest BCUT2D eigenvalue weighted by Gasteiger charge is -2.26. The maximum absolute atomic E-state index is 14.1. The molecule has 0 spiro atoms. The molecule has 2 heterocycles. The highest BCUT2D eigenvalue weighted by molar-refractivity contribution is 7.94. The normalized spacial score (nSPS) is 14.3. The standard InChI is InChI=1S/C35H29F4N7O6S2/c1-44(27-6-7-32-28(16-27)42-43-53-32)35(50)29(13-21-10-24(38)15-25(39)11-21)41-34(49)18-46-31-5-3-2-4-30(31)45(54(46,51)52)17-33(48)40-26(19-47)12-20-8-22(36)14-23(37)9-20/h2-11,14-16,19,26,29H,12-13,17-18H2,1H3,(H,40,48)(H,41,49)/t26-,29-/m0/s1. The minimum atomic E-state index is -4.64. The third-order valence-corrected chi connectivity index (χ3v) is 10.9. The predicted octanol–water partition coefficient (Wildman–Crippen LogP) is 3.44. The van der Waals surface area contributed by atoms with Gasteiger partial charge < -0.3 is 20.3 Å². The SMILES string of the molecule is CN(C(=O)[C@H](Cc1cc(F)cc(F)c1)NC(=O)CN1c2ccccc2N(CC(=O)N[C@H](C=O)Cc2cc(F)cc(F)c2)S1(=O)=O)c1ccc2snnc2c1. The third kappa shape index (κ3) is 8.31. The fraction of sp³-hybridized carbons (Fsp3) is 0.200. The molecule has 1 aliphatic rings. The number of fused-ring (bicyclic) bond motifs is 2. The van der Waals surface area contributed by atoms with E-state index < -0.39 is 76.4 Å². The molecule has 1 aromatic heterocycles. The van der Waals surface area contributed by atoms with E-state index in [1.165, 1.54) is 36.2 Å². The van der Waals surface area contributed by atoms with Crippen LogP contribution in [0.3, 0.4) is 0 Å². The van der Waals surface area contributed by atoms with E-state index in [1.807, 2.05) is 0 Å². The van der Waals surface area contributed by atoms with Gasteiger partial charge in [0.25, 0.3) is 0 Å². The van der Waals surface area contributed by atoms with E-state index in [9.17, 15) is 45.2 Å². The molecule has 2 N–H and O–H groups in total. The minimum absolute atomic E-state index is 0.0139. The lowest BCUT2D eigenvalue weighted by Crippen LogP contribution is -2.52. The van der Waals surface area contributed by atoms with Gasteiger partial charge in [-0.05, 0) is 83.7 Å². The molecule has 0 saturated heterocycles. The van der Waals surface area contributed by atoms with E-state index in [4.69, 9.17) is 0 Å². The first-order chi connectivity index (χ1) is 25.7. The van der Waals surface area contributed by atoms with Crippen LogP contribution in [0.2, 0.25) is 0 Å². The Morgan fingerprint density at radius 3 is 1.89 bits per heavy atom. The molecule has 3 amide bonds. The van der Waals surface area contributed by atoms with Crippen molar-refractivity contribution in [1.29, 1.82) is 0 Å². The molecule has 0 unspecified atom stereocenters. The highest BCUT2D eigenvalue weighted by Gasteiger charge is 2.42. The molecular formula is C35H29F4N7O6S2. The van der Waals surface area contributed by atoms with Crippen molar-refractivity contribution >= 4 is 73.0 Å². The molecule has 13 nitrogen and oxygen atoms in total. The summed E-state index contributed by atoms with van der Waals surface area (Å²) in [6.45, 7) is -1.71. The molecule has 4 aromatic carbocycles. The van der Waals surface area contributed by atoms with Gasteiger partial charge in [0.2, 0.25) is 17.7 Å². The Hall–Kier alpha value is -5.95. The molecule has 0 radical (unpaired) electrons. The van der Waals surface area contributed by atoms with Gasteiger partial charge in [-0.25, -0.2) is 26.2 Å². The topological polar surface area (TPSA) is 162 Å². The van der Waals surface area contributed by atoms with Crippen molar-refractivity contribution in [1.82, 2.24) is 20.2 Å². The van der Waals surface area contributed by atoms with Crippen LogP contribution in [0, 0.1) is 23.3 Å². The van der Waals surface area contributed by atoms with Crippen molar-refractivity contribution in [2.24, 2.45) is 0 Å². The molecule has 5 aromatic rings. The second-order valence-corrected chi connectivity index (χ2v) is 14.8. The number of nitrogens with zero attached hydrogens (tertiary/aromatic N) is 5. The van der Waals surface area contributed by atoms with Crippen LogP contribution in [0.15, 0.2) is 78.9 Å². The quantitative estimate of drug-likeness (QED) is 0.136. The molecule has 0 fully saturated rings. The van der Waals surface area contributed by atoms with E-state index in [1.54, 1.807) is 18.2 Å². The Labute approximate surface area is 309 Å². The van der Waals surface area contributed by atoms with Gasteiger partial charge in [0, 0.05) is 31.3 Å². The largest absolute Gasteiger partial charge is 0.345 e. The number of anilines is 3. The second-order valence-electron chi connectivity index (χ2n) is 12.2. The first kappa shape index (κ1) is 37.8. The number of nitrogens with one attached hydrogen (secondary N) is 2. The first-order valence-corrected chi connectivity index (χ1v) is 18.2. The number of carbonyl (C=O) groups excluding carboxylic acids is 4. The van der Waals surface area contributed by atoms with E-state index in [2.05, 4.69) is 20.2 Å². The van der Waals surface area contributed by atoms with Gasteiger partial charge in [0.05, 0.1) is 22.1 Å². The maximum atomic E-state index is 14.1. The number of halogens is 4. The summed E-state index contributed by atoms with van der Waals surface area (Å²) in [6, 6.07) is 13.2. The van der Waals surface area contributed by atoms with Gasteiger partial charge in [0.1, 0.15) is 54.2 Å². The Kier molecular flexibility index (Phi) is 10.9. The summed E-state index contributed by atoms with van der Waals surface area (Å²) < 4.78 is 89.4. The molecule has 6 rings (SSSR count). The van der Waals surface area contributed by atoms with Gasteiger partial charge in [-0.15, -0.1) is 5.10 Å². The summed E-state index contributed by atoms with van der Waals surface area (Å²) in [5.41, 5.74) is 1.01. The van der Waals surface area contributed by atoms with Gasteiger partial charge in [-0.1, -0.05) is 16.6 Å². The van der Waals surface area contributed by atoms with Crippen LogP contribution in [0.25, 0.3) is 10.2 Å². The van der Waals surface area contributed by atoms with E-state index in [0.717, 1.165) is 40.5 Å². The summed E-state index contributed by atoms with van der Waals surface area (Å²) >= 11 is 1.14. The van der Waals surface area contributed by atoms with E-state index >= 15 is 0 Å². The lowest BCUT2D eigenvalue weighted by molar-refractivity contribution is -0.126. The molecule has 19 heteroatoms. The number of benzene rings is 4. The van der Waals surface area contributed by atoms with Gasteiger partial charge in [0.15, 0.2) is 0 Å². The molecule has 54 heavy (non-hydrogen) atoms. The predicted molar refractivity (Wildman–Crippen MR) is 191 cm³/mol. The van der Waals surface area contributed by atoms with E-state index in [0.29, 0.717) is 38.2 Å². The molecule has 0 saturated carbocycles. The second kappa shape index (κ2) is 15.6. The number of carbonyl (C=O) groups is 4. The van der Waals surface area contributed by atoms with Crippen LogP contribution in [-0.4, -0.2) is 74.2 Å². The number of aldehydes is 1. The van der Waals surface area contributed by atoms with Crippen LogP contribution >= 0.6 is 11.5 Å². The Bertz CT molecular complexity index is 2340. The summed E-state index contributed by atoms with van der Waals surface area (Å²) in [5, 5.41) is 8.86. The minimum Gasteiger partial charge on any atom is -0.345 e. The Morgan fingerprint density at radius 1 is 0.796 bits per heavy atom. The number of amides is 3. The maximum Gasteiger partial charge on any atom is 0.327 e. The highest BCUT2D eigenvalue weighted by atomic mass is 32.2. The van der Waals surface area contributed by atoms with Crippen molar-refractivity contribution in [3.8, 4) is 0 Å². The molecule has 2 atom stereocenters. The lowest BCUT2D eigenvalue weighted by atomic mass is 10.0. The van der Waals surface area contributed by atoms with Gasteiger partial charge >= 0.3 is 10.2 Å². The summed E-state index contributed by atoms with van der Waals surface area (Å²) in [6.07, 6.45) is -0.320. The van der Waals surface area contributed by atoms with Crippen molar-refractivity contribution in [2.75, 3.05) is 33.6 Å². The number of hydrogen-bond donors (Lipinski definition) is 2. The Morgan fingerprint density at radius 2 is 1.33 bits per heavy atom. The van der Waals surface area contributed by atoms with Crippen molar-refractivity contribution < 1.29 is 45.2 Å². The number of aromatic nitrogens is 2. The zero-order valence-corrected chi connectivity index (χ0v) is 29.7. The Balaban J connectivity index is 1.20. The van der Waals surface area contributed by atoms with Crippen molar-refractivity contribution in [3.63, 3.8) is 0 Å². The van der Waals surface area contributed by atoms with Gasteiger partial charge in [-0.3, -0.25) is 14.4 Å². The summed E-state index contributed by atoms with van der Waals surface area (Å²) in [7, 11) is -3.22. The average molecular weight is 784 g/mol. The number of likely N-dealkylation sites (N-methyl/N-ethyl adjacent to an activating group) is 1. The highest BCUT2D eigenvalue weighted by Crippen LogP contribution is 2.40. The fourth-order valence-corrected chi connectivity index (χ4v) is 8.10. The summed E-state index contributed by atoms with van der Waals surface area (Å²) in [5.74, 6) is -6.21. The first-order valence-electron chi connectivity index (χ1n) is 16.0. The van der Waals surface area contributed by atoms with Crippen molar-refractivity contribution in [2.45, 2.75) is 24.9 Å². The van der Waals surface area contributed by atoms with Crippen LogP contribution < -0.4 is 24.1 Å². The number of rotatable bonds is 13. The zero-order valence-electron chi connectivity index (χ0n) is 28.1. The molecular weight excluding hydrogens is 755 g/mol. The zero-order chi connectivity index (χ0) is 38.7. The van der Waals surface area contributed by atoms with E-state index in [-0.39, 0.29) is 35.3 Å². The third-order valence-electron chi connectivity index (χ3n) is 8.38. The monoisotopic (exact) mass is 783 g/mol. The molecule has 1 aliphatic heterocycles. The molecule has 280 valence electrons. The van der Waals surface area contributed by atoms with Crippen LogP contribution in [0.1, 0.15) is 11.1 Å².